The van der Waals surface area contributed by atoms with Gasteiger partial charge in [-0.05, 0) is 54.5 Å². The number of fused-ring (bicyclic) bond motifs is 1. The number of nitrogens with one attached hydrogen (secondary N) is 1. The van der Waals surface area contributed by atoms with E-state index in [4.69, 9.17) is 0 Å². The van der Waals surface area contributed by atoms with Crippen LogP contribution in [0.25, 0.3) is 0 Å². The molecule has 0 spiro atoms. The van der Waals surface area contributed by atoms with Gasteiger partial charge in [-0.3, -0.25) is 9.10 Å². The molecular weight excluding hydrogens is 348 g/mol. The first-order chi connectivity index (χ1) is 12.4. The number of carbonyl (C=O) groups excluding carboxylic acids is 1. The van der Waals surface area contributed by atoms with Crippen molar-refractivity contribution in [3.8, 4) is 0 Å². The van der Waals surface area contributed by atoms with Crippen molar-refractivity contribution in [1.82, 2.24) is 5.32 Å². The second kappa shape index (κ2) is 6.43. The van der Waals surface area contributed by atoms with Gasteiger partial charge in [0.2, 0.25) is 10.0 Å². The van der Waals surface area contributed by atoms with Crippen molar-refractivity contribution in [3.05, 3.63) is 65.2 Å². The summed E-state index contributed by atoms with van der Waals surface area (Å²) in [6.07, 6.45) is 4.11. The summed E-state index contributed by atoms with van der Waals surface area (Å²) < 4.78 is 25.1. The average molecular weight is 370 g/mol. The Bertz CT molecular complexity index is 937. The lowest BCUT2D eigenvalue weighted by Crippen LogP contribution is -2.30. The number of sulfonamides is 1. The summed E-state index contributed by atoms with van der Waals surface area (Å²) in [5.74, 6) is 0.392. The highest BCUT2D eigenvalue weighted by molar-refractivity contribution is 7.92. The van der Waals surface area contributed by atoms with Crippen molar-refractivity contribution in [2.45, 2.75) is 25.3 Å². The van der Waals surface area contributed by atoms with Crippen molar-refractivity contribution < 1.29 is 13.2 Å². The molecule has 1 atom stereocenters. The summed E-state index contributed by atoms with van der Waals surface area (Å²) in [5, 5.41) is 3.17. The Morgan fingerprint density at radius 2 is 1.88 bits per heavy atom. The van der Waals surface area contributed by atoms with Crippen LogP contribution < -0.4 is 9.62 Å². The van der Waals surface area contributed by atoms with Crippen molar-refractivity contribution in [3.63, 3.8) is 0 Å². The third-order valence-electron chi connectivity index (χ3n) is 5.13. The van der Waals surface area contributed by atoms with Gasteiger partial charge < -0.3 is 5.32 Å². The first-order valence-corrected chi connectivity index (χ1v) is 10.7. The smallest absolute Gasteiger partial charge is 0.251 e. The van der Waals surface area contributed by atoms with Crippen LogP contribution in [-0.2, 0) is 16.4 Å². The molecule has 1 saturated carbocycles. The zero-order valence-electron chi connectivity index (χ0n) is 14.7. The summed E-state index contributed by atoms with van der Waals surface area (Å²) in [6.45, 7) is 0.438. The Kier molecular flexibility index (Phi) is 4.23. The highest BCUT2D eigenvalue weighted by Gasteiger charge is 2.34. The van der Waals surface area contributed by atoms with Crippen molar-refractivity contribution >= 4 is 21.6 Å². The van der Waals surface area contributed by atoms with Gasteiger partial charge in [-0.2, -0.15) is 0 Å². The lowest BCUT2D eigenvalue weighted by molar-refractivity contribution is 0.0931. The van der Waals surface area contributed by atoms with Crippen LogP contribution in [0.2, 0.25) is 0 Å². The van der Waals surface area contributed by atoms with Crippen LogP contribution >= 0.6 is 0 Å². The van der Waals surface area contributed by atoms with E-state index in [1.807, 2.05) is 24.3 Å². The van der Waals surface area contributed by atoms with Gasteiger partial charge in [0.15, 0.2) is 0 Å². The molecule has 2 aromatic rings. The third kappa shape index (κ3) is 3.33. The highest BCUT2D eigenvalue weighted by atomic mass is 32.2. The Labute approximate surface area is 154 Å². The molecule has 1 unspecified atom stereocenters. The minimum Gasteiger partial charge on any atom is -0.345 e. The number of benzene rings is 2. The number of hydrogen-bond donors (Lipinski definition) is 1. The zero-order chi connectivity index (χ0) is 18.3. The summed E-state index contributed by atoms with van der Waals surface area (Å²) >= 11 is 0. The van der Waals surface area contributed by atoms with Crippen LogP contribution in [0.3, 0.4) is 0 Å². The number of anilines is 1. The van der Waals surface area contributed by atoms with Gasteiger partial charge in [0, 0.05) is 12.1 Å². The lowest BCUT2D eigenvalue weighted by atomic mass is 10.0. The predicted octanol–water partition coefficient (Wildman–Crippen LogP) is 2.89. The van der Waals surface area contributed by atoms with Crippen molar-refractivity contribution in [1.29, 1.82) is 0 Å². The fourth-order valence-electron chi connectivity index (χ4n) is 3.65. The molecule has 2 aromatic carbocycles. The molecule has 0 radical (unpaired) electrons. The molecule has 2 aliphatic rings. The number of amides is 1. The fourth-order valence-corrected chi connectivity index (χ4v) is 4.60. The highest BCUT2D eigenvalue weighted by Crippen LogP contribution is 2.41. The largest absolute Gasteiger partial charge is 0.345 e. The molecule has 5 nitrogen and oxygen atoms in total. The Morgan fingerprint density at radius 3 is 2.54 bits per heavy atom. The first kappa shape index (κ1) is 17.1. The predicted molar refractivity (Wildman–Crippen MR) is 102 cm³/mol. The minimum atomic E-state index is -3.27. The Morgan fingerprint density at radius 1 is 1.15 bits per heavy atom. The van der Waals surface area contributed by atoms with E-state index >= 15 is 0 Å². The van der Waals surface area contributed by atoms with E-state index in [1.165, 1.54) is 10.6 Å². The molecule has 136 valence electrons. The van der Waals surface area contributed by atoms with E-state index in [0.717, 1.165) is 24.0 Å². The van der Waals surface area contributed by atoms with Crippen LogP contribution in [-0.4, -0.2) is 27.1 Å². The molecule has 26 heavy (non-hydrogen) atoms. The minimum absolute atomic E-state index is 0.0319. The van der Waals surface area contributed by atoms with Gasteiger partial charge in [-0.25, -0.2) is 8.42 Å². The molecule has 1 amide bonds. The number of nitrogens with zero attached hydrogens (tertiary/aromatic N) is 1. The molecule has 0 aromatic heterocycles. The molecule has 4 rings (SSSR count). The SMILES string of the molecule is CS(=O)(=O)N1CCc2cc(C(=O)NC(c3ccccc3)C3CC3)ccc21. The molecular formula is C20H22N2O3S. The van der Waals surface area contributed by atoms with Gasteiger partial charge in [-0.1, -0.05) is 30.3 Å². The second-order valence-electron chi connectivity index (χ2n) is 7.13. The topological polar surface area (TPSA) is 66.5 Å². The van der Waals surface area contributed by atoms with Gasteiger partial charge in [-0.15, -0.1) is 0 Å². The van der Waals surface area contributed by atoms with E-state index in [9.17, 15) is 13.2 Å². The Hall–Kier alpha value is -2.34. The normalized spacial score (nSPS) is 17.7. The van der Waals surface area contributed by atoms with E-state index < -0.39 is 10.0 Å². The molecule has 1 fully saturated rings. The van der Waals surface area contributed by atoms with Gasteiger partial charge in [0.05, 0.1) is 18.0 Å². The molecule has 1 heterocycles. The third-order valence-corrected chi connectivity index (χ3v) is 6.31. The maximum atomic E-state index is 12.8. The van der Waals surface area contributed by atoms with Crippen LogP contribution in [0.1, 0.15) is 40.4 Å². The van der Waals surface area contributed by atoms with E-state index in [-0.39, 0.29) is 11.9 Å². The maximum absolute atomic E-state index is 12.8. The second-order valence-corrected chi connectivity index (χ2v) is 9.03. The van der Waals surface area contributed by atoms with Crippen LogP contribution in [0, 0.1) is 5.92 Å². The molecule has 1 aliphatic heterocycles. The standard InChI is InChI=1S/C20H22N2O3S/c1-26(24,25)22-12-11-16-13-17(9-10-18(16)22)20(23)21-19(15-7-8-15)14-5-3-2-4-6-14/h2-6,9-10,13,15,19H,7-8,11-12H2,1H3,(H,21,23). The molecule has 0 bridgehead atoms. The molecule has 1 aliphatic carbocycles. The fraction of sp³-hybridized carbons (Fsp3) is 0.350. The average Bonchev–Trinajstić information content (AvgIpc) is 3.36. The summed E-state index contributed by atoms with van der Waals surface area (Å²) in [4.78, 5) is 12.8. The van der Waals surface area contributed by atoms with E-state index in [2.05, 4.69) is 17.4 Å². The van der Waals surface area contributed by atoms with Crippen LogP contribution in [0.15, 0.2) is 48.5 Å². The van der Waals surface area contributed by atoms with Gasteiger partial charge in [0.25, 0.3) is 5.91 Å². The maximum Gasteiger partial charge on any atom is 0.251 e. The Balaban J connectivity index is 1.56. The monoisotopic (exact) mass is 370 g/mol. The van der Waals surface area contributed by atoms with Gasteiger partial charge >= 0.3 is 0 Å². The van der Waals surface area contributed by atoms with E-state index in [0.29, 0.717) is 30.1 Å². The first-order valence-electron chi connectivity index (χ1n) is 8.90. The molecule has 0 saturated heterocycles. The van der Waals surface area contributed by atoms with Crippen LogP contribution in [0.4, 0.5) is 5.69 Å². The lowest BCUT2D eigenvalue weighted by Gasteiger charge is -2.19. The summed E-state index contributed by atoms with van der Waals surface area (Å²) in [6, 6.07) is 15.4. The zero-order valence-corrected chi connectivity index (χ0v) is 15.5. The van der Waals surface area contributed by atoms with Gasteiger partial charge in [0.1, 0.15) is 0 Å². The summed E-state index contributed by atoms with van der Waals surface area (Å²) in [5.41, 5.74) is 3.31. The number of rotatable bonds is 5. The van der Waals surface area contributed by atoms with E-state index in [1.54, 1.807) is 12.1 Å². The van der Waals surface area contributed by atoms with Crippen LogP contribution in [0.5, 0.6) is 0 Å². The summed E-state index contributed by atoms with van der Waals surface area (Å²) in [7, 11) is -3.27. The number of hydrogen-bond acceptors (Lipinski definition) is 3. The quantitative estimate of drug-likeness (QED) is 0.880. The van der Waals surface area contributed by atoms with Crippen molar-refractivity contribution in [2.75, 3.05) is 17.1 Å². The van der Waals surface area contributed by atoms with Crippen molar-refractivity contribution in [2.24, 2.45) is 5.92 Å². The number of carbonyl (C=O) groups is 1. The molecule has 1 N–H and O–H groups in total. The molecule has 6 heteroatoms.